The predicted octanol–water partition coefficient (Wildman–Crippen LogP) is 1.54. The number of aromatic amines is 1. The summed E-state index contributed by atoms with van der Waals surface area (Å²) in [5.74, 6) is 0.555. The lowest BCUT2D eigenvalue weighted by atomic mass is 10.3. The van der Waals surface area contributed by atoms with Crippen LogP contribution in [0.3, 0.4) is 0 Å². The molecule has 2 heterocycles. The van der Waals surface area contributed by atoms with Gasteiger partial charge in [0.05, 0.1) is 23.9 Å². The van der Waals surface area contributed by atoms with E-state index >= 15 is 0 Å². The van der Waals surface area contributed by atoms with Crippen LogP contribution in [0, 0.1) is 11.3 Å². The molecular weight excluding hydrogens is 176 g/mol. The van der Waals surface area contributed by atoms with Gasteiger partial charge in [0.25, 0.3) is 0 Å². The fourth-order valence-electron chi connectivity index (χ4n) is 1.19. The lowest BCUT2D eigenvalue weighted by Gasteiger charge is -1.98. The van der Waals surface area contributed by atoms with Gasteiger partial charge >= 0.3 is 0 Å². The van der Waals surface area contributed by atoms with Gasteiger partial charge in [-0.15, -0.1) is 0 Å². The van der Waals surface area contributed by atoms with Crippen molar-refractivity contribution >= 4 is 0 Å². The van der Waals surface area contributed by atoms with Crippen molar-refractivity contribution in [2.24, 2.45) is 0 Å². The molecule has 0 saturated carbocycles. The first-order valence-corrected chi connectivity index (χ1v) is 4.23. The Morgan fingerprint density at radius 1 is 1.43 bits per heavy atom. The SMILES string of the molecule is N#CCc1nccc(-c2ccc[nH]2)n1. The van der Waals surface area contributed by atoms with E-state index in [0.717, 1.165) is 11.4 Å². The summed E-state index contributed by atoms with van der Waals surface area (Å²) in [4.78, 5) is 11.3. The second-order valence-corrected chi connectivity index (χ2v) is 2.78. The minimum atomic E-state index is 0.245. The van der Waals surface area contributed by atoms with Crippen molar-refractivity contribution in [1.29, 1.82) is 5.26 Å². The van der Waals surface area contributed by atoms with Gasteiger partial charge in [0, 0.05) is 12.4 Å². The Labute approximate surface area is 81.3 Å². The highest BCUT2D eigenvalue weighted by atomic mass is 14.9. The highest BCUT2D eigenvalue weighted by Gasteiger charge is 2.01. The lowest BCUT2D eigenvalue weighted by Crippen LogP contribution is -1.94. The van der Waals surface area contributed by atoms with Crippen LogP contribution in [0.5, 0.6) is 0 Å². The molecule has 0 aliphatic rings. The van der Waals surface area contributed by atoms with Gasteiger partial charge in [0.2, 0.25) is 0 Å². The van der Waals surface area contributed by atoms with E-state index in [0.29, 0.717) is 5.82 Å². The number of hydrogen-bond acceptors (Lipinski definition) is 3. The monoisotopic (exact) mass is 184 g/mol. The first-order valence-electron chi connectivity index (χ1n) is 4.23. The molecule has 0 spiro atoms. The third kappa shape index (κ3) is 1.62. The van der Waals surface area contributed by atoms with Crippen molar-refractivity contribution in [2.75, 3.05) is 0 Å². The molecule has 0 saturated heterocycles. The van der Waals surface area contributed by atoms with E-state index in [-0.39, 0.29) is 6.42 Å². The van der Waals surface area contributed by atoms with Crippen LogP contribution < -0.4 is 0 Å². The Morgan fingerprint density at radius 3 is 3.07 bits per heavy atom. The maximum atomic E-state index is 8.50. The molecule has 0 bridgehead atoms. The standard InChI is InChI=1S/C10H8N4/c11-5-3-10-13-7-4-9(14-10)8-2-1-6-12-8/h1-2,4,6-7,12H,3H2. The smallest absolute Gasteiger partial charge is 0.143 e. The second-order valence-electron chi connectivity index (χ2n) is 2.78. The summed E-state index contributed by atoms with van der Waals surface area (Å²) in [6.45, 7) is 0. The zero-order chi connectivity index (χ0) is 9.80. The number of nitrogens with zero attached hydrogens (tertiary/aromatic N) is 3. The molecule has 4 heteroatoms. The van der Waals surface area contributed by atoms with Crippen molar-refractivity contribution < 1.29 is 0 Å². The number of aromatic nitrogens is 3. The molecule has 14 heavy (non-hydrogen) atoms. The first kappa shape index (κ1) is 8.45. The second kappa shape index (κ2) is 3.71. The Bertz CT molecular complexity index is 453. The van der Waals surface area contributed by atoms with E-state index in [2.05, 4.69) is 15.0 Å². The predicted molar refractivity (Wildman–Crippen MR) is 51.1 cm³/mol. The van der Waals surface area contributed by atoms with E-state index in [1.165, 1.54) is 0 Å². The molecule has 2 aromatic heterocycles. The van der Waals surface area contributed by atoms with Crippen LogP contribution in [0.2, 0.25) is 0 Å². The molecule has 0 aliphatic heterocycles. The van der Waals surface area contributed by atoms with Crippen LogP contribution in [0.1, 0.15) is 5.82 Å². The Hall–Kier alpha value is -2.15. The topological polar surface area (TPSA) is 65.4 Å². The number of nitrogens with one attached hydrogen (secondary N) is 1. The van der Waals surface area contributed by atoms with E-state index < -0.39 is 0 Å². The molecule has 68 valence electrons. The fraction of sp³-hybridized carbons (Fsp3) is 0.100. The van der Waals surface area contributed by atoms with Gasteiger partial charge in [-0.25, -0.2) is 9.97 Å². The number of H-pyrrole nitrogens is 1. The van der Waals surface area contributed by atoms with Crippen molar-refractivity contribution in [3.63, 3.8) is 0 Å². The van der Waals surface area contributed by atoms with Crippen LogP contribution in [0.15, 0.2) is 30.6 Å². The average molecular weight is 184 g/mol. The molecule has 2 aromatic rings. The summed E-state index contributed by atoms with van der Waals surface area (Å²) in [7, 11) is 0. The van der Waals surface area contributed by atoms with Crippen molar-refractivity contribution in [1.82, 2.24) is 15.0 Å². The first-order chi connectivity index (χ1) is 6.90. The van der Waals surface area contributed by atoms with Crippen molar-refractivity contribution in [3.05, 3.63) is 36.4 Å². The summed E-state index contributed by atoms with van der Waals surface area (Å²) in [5.41, 5.74) is 1.75. The van der Waals surface area contributed by atoms with Gasteiger partial charge in [0.15, 0.2) is 0 Å². The number of hydrogen-bond donors (Lipinski definition) is 1. The van der Waals surface area contributed by atoms with E-state index in [1.807, 2.05) is 30.5 Å². The van der Waals surface area contributed by atoms with Gasteiger partial charge in [-0.3, -0.25) is 0 Å². The maximum Gasteiger partial charge on any atom is 0.143 e. The maximum absolute atomic E-state index is 8.50. The lowest BCUT2D eigenvalue weighted by molar-refractivity contribution is 0.996. The van der Waals surface area contributed by atoms with E-state index in [1.54, 1.807) is 6.20 Å². The Balaban J connectivity index is 2.37. The Morgan fingerprint density at radius 2 is 2.36 bits per heavy atom. The molecule has 0 fully saturated rings. The van der Waals surface area contributed by atoms with Crippen LogP contribution in [0.4, 0.5) is 0 Å². The van der Waals surface area contributed by atoms with Gasteiger partial charge < -0.3 is 4.98 Å². The summed E-state index contributed by atoms with van der Waals surface area (Å²) >= 11 is 0. The molecular formula is C10H8N4. The largest absolute Gasteiger partial charge is 0.360 e. The van der Waals surface area contributed by atoms with Crippen LogP contribution >= 0.6 is 0 Å². The molecule has 0 aliphatic carbocycles. The van der Waals surface area contributed by atoms with Crippen LogP contribution in [-0.2, 0) is 6.42 Å². The van der Waals surface area contributed by atoms with Crippen LogP contribution in [0.25, 0.3) is 11.4 Å². The highest BCUT2D eigenvalue weighted by Crippen LogP contribution is 2.12. The minimum Gasteiger partial charge on any atom is -0.360 e. The average Bonchev–Trinajstić information content (AvgIpc) is 2.71. The third-order valence-corrected chi connectivity index (χ3v) is 1.82. The molecule has 4 nitrogen and oxygen atoms in total. The van der Waals surface area contributed by atoms with E-state index in [4.69, 9.17) is 5.26 Å². The Kier molecular flexibility index (Phi) is 2.24. The zero-order valence-corrected chi connectivity index (χ0v) is 7.44. The summed E-state index contributed by atoms with van der Waals surface area (Å²) in [5, 5.41) is 8.50. The molecule has 0 atom stereocenters. The quantitative estimate of drug-likeness (QED) is 0.769. The fourth-order valence-corrected chi connectivity index (χ4v) is 1.19. The normalized spacial score (nSPS) is 9.64. The molecule has 0 aromatic carbocycles. The molecule has 0 unspecified atom stereocenters. The third-order valence-electron chi connectivity index (χ3n) is 1.82. The summed E-state index contributed by atoms with van der Waals surface area (Å²) < 4.78 is 0. The molecule has 0 radical (unpaired) electrons. The highest BCUT2D eigenvalue weighted by molar-refractivity contribution is 5.53. The van der Waals surface area contributed by atoms with Crippen molar-refractivity contribution in [2.45, 2.75) is 6.42 Å². The number of nitriles is 1. The molecule has 2 rings (SSSR count). The molecule has 0 amide bonds. The summed E-state index contributed by atoms with van der Waals surface area (Å²) in [6.07, 6.45) is 3.74. The molecule has 1 N–H and O–H groups in total. The number of rotatable bonds is 2. The summed E-state index contributed by atoms with van der Waals surface area (Å²) in [6, 6.07) is 7.67. The van der Waals surface area contributed by atoms with Gasteiger partial charge in [-0.2, -0.15) is 5.26 Å². The zero-order valence-electron chi connectivity index (χ0n) is 7.44. The van der Waals surface area contributed by atoms with Gasteiger partial charge in [0.1, 0.15) is 5.82 Å². The van der Waals surface area contributed by atoms with E-state index in [9.17, 15) is 0 Å². The van der Waals surface area contributed by atoms with Crippen molar-refractivity contribution in [3.8, 4) is 17.5 Å². The van der Waals surface area contributed by atoms with Crippen LogP contribution in [-0.4, -0.2) is 15.0 Å². The minimum absolute atomic E-state index is 0.245. The van der Waals surface area contributed by atoms with Gasteiger partial charge in [-0.05, 0) is 18.2 Å². The van der Waals surface area contributed by atoms with Gasteiger partial charge in [-0.1, -0.05) is 0 Å².